The summed E-state index contributed by atoms with van der Waals surface area (Å²) in [7, 11) is 0. The van der Waals surface area contributed by atoms with Crippen molar-refractivity contribution in [1.29, 1.82) is 0 Å². The van der Waals surface area contributed by atoms with E-state index in [1.54, 1.807) is 11.8 Å². The summed E-state index contributed by atoms with van der Waals surface area (Å²) in [5.41, 5.74) is 2.06. The van der Waals surface area contributed by atoms with E-state index in [1.165, 1.54) is 6.92 Å². The van der Waals surface area contributed by atoms with Crippen LogP contribution in [0.5, 0.6) is 0 Å². The molecular weight excluding hydrogens is 214 g/mol. The Kier molecular flexibility index (Phi) is 4.64. The number of carbonyl (C=O) groups excluding carboxylic acids is 2. The summed E-state index contributed by atoms with van der Waals surface area (Å²) in [4.78, 5) is 22.2. The Morgan fingerprint density at radius 1 is 1.67 bits per heavy atom. The second-order valence-electron chi connectivity index (χ2n) is 3.36. The van der Waals surface area contributed by atoms with Crippen LogP contribution in [-0.2, 0) is 9.59 Å². The molecule has 1 unspecified atom stereocenters. The first-order valence-electron chi connectivity index (χ1n) is 4.71. The predicted molar refractivity (Wildman–Crippen MR) is 59.7 cm³/mol. The molecule has 0 aromatic carbocycles. The zero-order chi connectivity index (χ0) is 11.3. The van der Waals surface area contributed by atoms with Crippen LogP contribution in [0.25, 0.3) is 0 Å². The molecule has 1 rings (SSSR count). The normalized spacial score (nSPS) is 21.1. The lowest BCUT2D eigenvalue weighted by Gasteiger charge is -2.19. The minimum Gasteiger partial charge on any atom is -0.344 e. The molecule has 6 heteroatoms. The molecule has 2 atom stereocenters. The van der Waals surface area contributed by atoms with Crippen molar-refractivity contribution in [3.05, 3.63) is 11.5 Å². The van der Waals surface area contributed by atoms with Crippen LogP contribution in [0.3, 0.4) is 0 Å². The molecule has 0 bridgehead atoms. The van der Waals surface area contributed by atoms with Gasteiger partial charge in [0.2, 0.25) is 5.91 Å². The van der Waals surface area contributed by atoms with Gasteiger partial charge >= 0.3 is 0 Å². The van der Waals surface area contributed by atoms with Crippen molar-refractivity contribution in [2.45, 2.75) is 31.1 Å². The smallest absolute Gasteiger partial charge is 0.256 e. The molecule has 1 aliphatic heterocycles. The van der Waals surface area contributed by atoms with E-state index in [4.69, 9.17) is 5.84 Å². The van der Waals surface area contributed by atoms with Gasteiger partial charge in [-0.05, 0) is 18.2 Å². The average molecular weight is 229 g/mol. The average Bonchev–Trinajstić information content (AvgIpc) is 2.67. The topological polar surface area (TPSA) is 84.2 Å². The third-order valence-corrected chi connectivity index (χ3v) is 3.22. The minimum absolute atomic E-state index is 0.223. The number of nitrogens with two attached hydrogens (primary N) is 1. The van der Waals surface area contributed by atoms with Gasteiger partial charge in [-0.3, -0.25) is 15.0 Å². The molecule has 0 radical (unpaired) electrons. The number of allylic oxidation sites excluding steroid dienone is 1. The van der Waals surface area contributed by atoms with Crippen molar-refractivity contribution in [2.24, 2.45) is 5.84 Å². The van der Waals surface area contributed by atoms with Crippen LogP contribution in [0.2, 0.25) is 0 Å². The fourth-order valence-corrected chi connectivity index (χ4v) is 2.39. The SMILES string of the molecule is CC(=O)N[C@@H](CC1CC=CS1)C(=O)NN. The molecule has 0 spiro atoms. The molecule has 4 N–H and O–H groups in total. The molecule has 1 aliphatic rings. The van der Waals surface area contributed by atoms with Crippen molar-refractivity contribution in [3.8, 4) is 0 Å². The Morgan fingerprint density at radius 3 is 2.87 bits per heavy atom. The number of amides is 2. The van der Waals surface area contributed by atoms with Gasteiger partial charge in [0.1, 0.15) is 6.04 Å². The van der Waals surface area contributed by atoms with Crippen molar-refractivity contribution in [3.63, 3.8) is 0 Å². The highest BCUT2D eigenvalue weighted by Crippen LogP contribution is 2.27. The summed E-state index contributed by atoms with van der Waals surface area (Å²) in [6, 6.07) is -0.537. The molecule has 5 nitrogen and oxygen atoms in total. The predicted octanol–water partition coefficient (Wildman–Crippen LogP) is -0.110. The highest BCUT2D eigenvalue weighted by atomic mass is 32.2. The van der Waals surface area contributed by atoms with Crippen LogP contribution in [0, 0.1) is 0 Å². The van der Waals surface area contributed by atoms with E-state index in [-0.39, 0.29) is 11.8 Å². The fraction of sp³-hybridized carbons (Fsp3) is 0.556. The third-order valence-electron chi connectivity index (χ3n) is 2.10. The summed E-state index contributed by atoms with van der Waals surface area (Å²) in [5, 5.41) is 4.94. The maximum absolute atomic E-state index is 11.4. The number of hydrogen-bond acceptors (Lipinski definition) is 4. The lowest BCUT2D eigenvalue weighted by molar-refractivity contribution is -0.128. The lowest BCUT2D eigenvalue weighted by atomic mass is 10.1. The Hall–Kier alpha value is -1.01. The van der Waals surface area contributed by atoms with Crippen LogP contribution in [0.4, 0.5) is 0 Å². The van der Waals surface area contributed by atoms with Gasteiger partial charge < -0.3 is 5.32 Å². The number of thioether (sulfide) groups is 1. The molecule has 0 aliphatic carbocycles. The van der Waals surface area contributed by atoms with Gasteiger partial charge in [0, 0.05) is 12.2 Å². The van der Waals surface area contributed by atoms with Gasteiger partial charge in [-0.15, -0.1) is 11.8 Å². The number of carbonyl (C=O) groups is 2. The van der Waals surface area contributed by atoms with Crippen molar-refractivity contribution in [2.75, 3.05) is 0 Å². The molecule has 0 aromatic heterocycles. The Bertz CT molecular complexity index is 273. The molecule has 0 saturated carbocycles. The van der Waals surface area contributed by atoms with Gasteiger partial charge in [-0.1, -0.05) is 6.08 Å². The standard InChI is InChI=1S/C9H15N3O2S/c1-6(13)11-8(9(14)12-10)5-7-3-2-4-15-7/h2,4,7-8H,3,5,10H2,1H3,(H,11,13)(H,12,14)/t7?,8-/m0/s1. The van der Waals surface area contributed by atoms with Gasteiger partial charge in [0.25, 0.3) is 5.91 Å². The zero-order valence-corrected chi connectivity index (χ0v) is 9.34. The van der Waals surface area contributed by atoms with Crippen molar-refractivity contribution >= 4 is 23.6 Å². The summed E-state index contributed by atoms with van der Waals surface area (Å²) in [5.74, 6) is 4.48. The van der Waals surface area contributed by atoms with Crippen molar-refractivity contribution in [1.82, 2.24) is 10.7 Å². The quantitative estimate of drug-likeness (QED) is 0.357. The Balaban J connectivity index is 2.47. The fourth-order valence-electron chi connectivity index (χ4n) is 1.42. The molecule has 15 heavy (non-hydrogen) atoms. The Morgan fingerprint density at radius 2 is 2.40 bits per heavy atom. The van der Waals surface area contributed by atoms with Gasteiger partial charge in [0.15, 0.2) is 0 Å². The third kappa shape index (κ3) is 3.93. The zero-order valence-electron chi connectivity index (χ0n) is 8.53. The highest BCUT2D eigenvalue weighted by Gasteiger charge is 2.23. The van der Waals surface area contributed by atoms with Gasteiger partial charge in [-0.25, -0.2) is 5.84 Å². The number of rotatable bonds is 4. The maximum atomic E-state index is 11.4. The molecule has 0 aromatic rings. The van der Waals surface area contributed by atoms with Crippen LogP contribution in [0.15, 0.2) is 11.5 Å². The molecule has 2 amide bonds. The first kappa shape index (κ1) is 12.1. The van der Waals surface area contributed by atoms with Crippen LogP contribution in [0.1, 0.15) is 19.8 Å². The molecular formula is C9H15N3O2S. The number of hydrazine groups is 1. The number of nitrogens with one attached hydrogen (secondary N) is 2. The van der Waals surface area contributed by atoms with E-state index in [0.29, 0.717) is 11.7 Å². The molecule has 84 valence electrons. The van der Waals surface area contributed by atoms with Crippen LogP contribution < -0.4 is 16.6 Å². The molecule has 0 fully saturated rings. The summed E-state index contributed by atoms with van der Waals surface area (Å²) < 4.78 is 0. The van der Waals surface area contributed by atoms with E-state index in [9.17, 15) is 9.59 Å². The largest absolute Gasteiger partial charge is 0.344 e. The van der Waals surface area contributed by atoms with Crippen molar-refractivity contribution < 1.29 is 9.59 Å². The second-order valence-corrected chi connectivity index (χ2v) is 4.57. The minimum atomic E-state index is -0.537. The second kappa shape index (κ2) is 5.77. The van der Waals surface area contributed by atoms with E-state index in [0.717, 1.165) is 6.42 Å². The van der Waals surface area contributed by atoms with E-state index in [1.807, 2.05) is 5.41 Å². The lowest BCUT2D eigenvalue weighted by Crippen LogP contribution is -2.49. The first-order valence-corrected chi connectivity index (χ1v) is 5.65. The monoisotopic (exact) mass is 229 g/mol. The first-order chi connectivity index (χ1) is 7.13. The summed E-state index contributed by atoms with van der Waals surface area (Å²) >= 11 is 1.67. The van der Waals surface area contributed by atoms with E-state index >= 15 is 0 Å². The Labute approximate surface area is 92.8 Å². The van der Waals surface area contributed by atoms with E-state index < -0.39 is 6.04 Å². The maximum Gasteiger partial charge on any atom is 0.256 e. The highest BCUT2D eigenvalue weighted by molar-refractivity contribution is 8.03. The van der Waals surface area contributed by atoms with Crippen LogP contribution in [-0.4, -0.2) is 23.1 Å². The summed E-state index contributed by atoms with van der Waals surface area (Å²) in [6.45, 7) is 1.39. The summed E-state index contributed by atoms with van der Waals surface area (Å²) in [6.07, 6.45) is 3.58. The van der Waals surface area contributed by atoms with Gasteiger partial charge in [-0.2, -0.15) is 0 Å². The van der Waals surface area contributed by atoms with Gasteiger partial charge in [0.05, 0.1) is 0 Å². The molecule has 1 heterocycles. The number of hydrogen-bond donors (Lipinski definition) is 3. The molecule has 0 saturated heterocycles. The van der Waals surface area contributed by atoms with E-state index in [2.05, 4.69) is 16.8 Å². The van der Waals surface area contributed by atoms with Crippen LogP contribution >= 0.6 is 11.8 Å².